The van der Waals surface area contributed by atoms with E-state index in [0.29, 0.717) is 11.5 Å². The van der Waals surface area contributed by atoms with Crippen LogP contribution in [0.2, 0.25) is 0 Å². The molecule has 0 spiro atoms. The number of aromatic nitrogens is 2. The van der Waals surface area contributed by atoms with Crippen LogP contribution in [0, 0.1) is 5.41 Å². The van der Waals surface area contributed by atoms with Crippen LogP contribution in [0.5, 0.6) is 0 Å². The molecule has 1 saturated carbocycles. The summed E-state index contributed by atoms with van der Waals surface area (Å²) >= 11 is 0. The predicted octanol–water partition coefficient (Wildman–Crippen LogP) is 0.595. The van der Waals surface area contributed by atoms with E-state index in [1.165, 1.54) is 12.8 Å². The zero-order valence-electron chi connectivity index (χ0n) is 8.83. The highest BCUT2D eigenvalue weighted by Gasteiger charge is 2.44. The molecule has 0 aliphatic heterocycles. The molecular formula is C10H18N4. The lowest BCUT2D eigenvalue weighted by atomic mass is 9.96. The van der Waals surface area contributed by atoms with Crippen molar-refractivity contribution in [3.05, 3.63) is 18.2 Å². The van der Waals surface area contributed by atoms with E-state index in [0.717, 1.165) is 12.2 Å². The number of nitrogens with one attached hydrogen (secondary N) is 1. The lowest BCUT2D eigenvalue weighted by Crippen LogP contribution is -2.43. The first-order valence-electron chi connectivity index (χ1n) is 5.08. The minimum absolute atomic E-state index is 0.351. The molecule has 3 N–H and O–H groups in total. The summed E-state index contributed by atoms with van der Waals surface area (Å²) in [7, 11) is 2.02. The molecule has 1 fully saturated rings. The topological polar surface area (TPSA) is 55.9 Å². The second-order valence-electron chi connectivity index (χ2n) is 4.53. The van der Waals surface area contributed by atoms with E-state index < -0.39 is 0 Å². The van der Waals surface area contributed by atoms with Gasteiger partial charge in [0, 0.05) is 31.9 Å². The van der Waals surface area contributed by atoms with Crippen molar-refractivity contribution >= 4 is 0 Å². The zero-order valence-corrected chi connectivity index (χ0v) is 8.83. The average Bonchev–Trinajstić information content (AvgIpc) is 2.77. The van der Waals surface area contributed by atoms with Crippen molar-refractivity contribution in [2.24, 2.45) is 18.3 Å². The Kier molecular flexibility index (Phi) is 2.33. The molecule has 2 rings (SSSR count). The minimum Gasteiger partial charge on any atom is -0.338 e. The Bertz CT molecular complexity index is 314. The van der Waals surface area contributed by atoms with Crippen LogP contribution in [0.4, 0.5) is 0 Å². The third-order valence-corrected chi connectivity index (χ3v) is 3.39. The molecule has 1 atom stereocenters. The first-order chi connectivity index (χ1) is 6.65. The van der Waals surface area contributed by atoms with E-state index in [-0.39, 0.29) is 0 Å². The molecule has 14 heavy (non-hydrogen) atoms. The third-order valence-electron chi connectivity index (χ3n) is 3.39. The van der Waals surface area contributed by atoms with Crippen molar-refractivity contribution in [2.75, 3.05) is 0 Å². The highest BCUT2D eigenvalue weighted by atomic mass is 15.2. The van der Waals surface area contributed by atoms with Gasteiger partial charge >= 0.3 is 0 Å². The third kappa shape index (κ3) is 1.67. The van der Waals surface area contributed by atoms with Crippen LogP contribution in [0.3, 0.4) is 0 Å². The second kappa shape index (κ2) is 3.37. The Morgan fingerprint density at radius 1 is 1.71 bits per heavy atom. The first kappa shape index (κ1) is 9.68. The number of rotatable bonds is 4. The van der Waals surface area contributed by atoms with Gasteiger partial charge < -0.3 is 4.57 Å². The van der Waals surface area contributed by atoms with E-state index in [9.17, 15) is 0 Å². The van der Waals surface area contributed by atoms with Crippen LogP contribution < -0.4 is 11.3 Å². The summed E-state index contributed by atoms with van der Waals surface area (Å²) in [5.74, 6) is 6.68. The van der Waals surface area contributed by atoms with E-state index in [4.69, 9.17) is 5.84 Å². The highest BCUT2D eigenvalue weighted by Crippen LogP contribution is 2.48. The van der Waals surface area contributed by atoms with Gasteiger partial charge in [0.05, 0.1) is 0 Å². The first-order valence-corrected chi connectivity index (χ1v) is 5.08. The molecule has 1 unspecified atom stereocenters. The lowest BCUT2D eigenvalue weighted by Gasteiger charge is -2.22. The summed E-state index contributed by atoms with van der Waals surface area (Å²) < 4.78 is 2.05. The summed E-state index contributed by atoms with van der Waals surface area (Å²) in [5.41, 5.74) is 3.31. The molecule has 1 aromatic heterocycles. The van der Waals surface area contributed by atoms with E-state index in [1.54, 1.807) is 0 Å². The van der Waals surface area contributed by atoms with Gasteiger partial charge in [-0.1, -0.05) is 6.92 Å². The van der Waals surface area contributed by atoms with E-state index in [2.05, 4.69) is 21.9 Å². The summed E-state index contributed by atoms with van der Waals surface area (Å²) in [5, 5.41) is 0. The standard InChI is InChI=1S/C10H18N4/c1-10(3-4-10)8(13-11)7-9-12-5-6-14(9)2/h5-6,8,13H,3-4,7,11H2,1-2H3. The molecule has 4 heteroatoms. The highest BCUT2D eigenvalue weighted by molar-refractivity contribution is 5.04. The Morgan fingerprint density at radius 3 is 2.86 bits per heavy atom. The number of hydrazine groups is 1. The van der Waals surface area contributed by atoms with Gasteiger partial charge in [-0.15, -0.1) is 0 Å². The van der Waals surface area contributed by atoms with Crippen LogP contribution in [0.25, 0.3) is 0 Å². The maximum absolute atomic E-state index is 5.58. The number of imidazole rings is 1. The van der Waals surface area contributed by atoms with Gasteiger partial charge in [0.25, 0.3) is 0 Å². The molecule has 1 aromatic rings. The summed E-state index contributed by atoms with van der Waals surface area (Å²) in [6, 6.07) is 0.351. The Hall–Kier alpha value is -0.870. The molecule has 0 saturated heterocycles. The molecule has 1 aliphatic carbocycles. The van der Waals surface area contributed by atoms with Crippen LogP contribution in [-0.4, -0.2) is 15.6 Å². The molecule has 0 bridgehead atoms. The summed E-state index contributed by atoms with van der Waals surface area (Å²) in [6.45, 7) is 2.28. The number of nitrogens with zero attached hydrogens (tertiary/aromatic N) is 2. The Balaban J connectivity index is 2.05. The van der Waals surface area contributed by atoms with Crippen molar-refractivity contribution in [1.82, 2.24) is 15.0 Å². The fourth-order valence-corrected chi connectivity index (χ4v) is 1.83. The maximum Gasteiger partial charge on any atom is 0.109 e. The van der Waals surface area contributed by atoms with Crippen molar-refractivity contribution in [3.63, 3.8) is 0 Å². The molecule has 78 valence electrons. The molecule has 0 radical (unpaired) electrons. The van der Waals surface area contributed by atoms with E-state index >= 15 is 0 Å². The fraction of sp³-hybridized carbons (Fsp3) is 0.700. The van der Waals surface area contributed by atoms with Gasteiger partial charge in [-0.2, -0.15) is 0 Å². The molecular weight excluding hydrogens is 176 g/mol. The fourth-order valence-electron chi connectivity index (χ4n) is 1.83. The number of hydrogen-bond donors (Lipinski definition) is 2. The van der Waals surface area contributed by atoms with Gasteiger partial charge in [0.15, 0.2) is 0 Å². The van der Waals surface area contributed by atoms with Crippen LogP contribution in [0.15, 0.2) is 12.4 Å². The lowest BCUT2D eigenvalue weighted by molar-refractivity contribution is 0.352. The van der Waals surface area contributed by atoms with Gasteiger partial charge in [0.1, 0.15) is 5.82 Å². The Morgan fingerprint density at radius 2 is 2.43 bits per heavy atom. The van der Waals surface area contributed by atoms with Crippen molar-refractivity contribution < 1.29 is 0 Å². The van der Waals surface area contributed by atoms with Gasteiger partial charge in [-0.3, -0.25) is 11.3 Å². The average molecular weight is 194 g/mol. The van der Waals surface area contributed by atoms with Crippen LogP contribution in [-0.2, 0) is 13.5 Å². The predicted molar refractivity (Wildman–Crippen MR) is 55.4 cm³/mol. The summed E-state index contributed by atoms with van der Waals surface area (Å²) in [6.07, 6.45) is 7.26. The molecule has 0 amide bonds. The van der Waals surface area contributed by atoms with Gasteiger partial charge in [0.2, 0.25) is 0 Å². The number of hydrogen-bond acceptors (Lipinski definition) is 3. The SMILES string of the molecule is Cn1ccnc1CC(NN)C1(C)CC1. The monoisotopic (exact) mass is 194 g/mol. The van der Waals surface area contributed by atoms with Crippen LogP contribution >= 0.6 is 0 Å². The van der Waals surface area contributed by atoms with Crippen molar-refractivity contribution in [1.29, 1.82) is 0 Å². The van der Waals surface area contributed by atoms with Gasteiger partial charge in [-0.05, 0) is 18.3 Å². The Labute approximate surface area is 84.5 Å². The molecule has 4 nitrogen and oxygen atoms in total. The molecule has 1 aliphatic rings. The smallest absolute Gasteiger partial charge is 0.109 e. The number of nitrogens with two attached hydrogens (primary N) is 1. The van der Waals surface area contributed by atoms with Crippen molar-refractivity contribution in [2.45, 2.75) is 32.2 Å². The minimum atomic E-state index is 0.351. The normalized spacial score (nSPS) is 20.8. The molecule has 0 aromatic carbocycles. The van der Waals surface area contributed by atoms with Crippen molar-refractivity contribution in [3.8, 4) is 0 Å². The summed E-state index contributed by atoms with van der Waals surface area (Å²) in [4.78, 5) is 4.31. The van der Waals surface area contributed by atoms with Gasteiger partial charge in [-0.25, -0.2) is 4.98 Å². The quantitative estimate of drug-likeness (QED) is 0.545. The zero-order chi connectivity index (χ0) is 10.2. The number of aryl methyl sites for hydroxylation is 1. The largest absolute Gasteiger partial charge is 0.338 e. The van der Waals surface area contributed by atoms with E-state index in [1.807, 2.05) is 19.4 Å². The maximum atomic E-state index is 5.58. The second-order valence-corrected chi connectivity index (χ2v) is 4.53. The van der Waals surface area contributed by atoms with Crippen LogP contribution in [0.1, 0.15) is 25.6 Å². The molecule has 1 heterocycles.